The minimum absolute atomic E-state index is 0.307. The summed E-state index contributed by atoms with van der Waals surface area (Å²) in [5.41, 5.74) is 0. The molecule has 0 bridgehead atoms. The van der Waals surface area contributed by atoms with E-state index in [1.54, 1.807) is 0 Å². The Bertz CT molecular complexity index is 82.4. The summed E-state index contributed by atoms with van der Waals surface area (Å²) < 4.78 is 0. The van der Waals surface area contributed by atoms with E-state index in [-0.39, 0.29) is 0 Å². The fraction of sp³-hybridized carbons (Fsp3) is 0.667. The van der Waals surface area contributed by atoms with Crippen molar-refractivity contribution in [1.29, 1.82) is 0 Å². The van der Waals surface area contributed by atoms with E-state index in [9.17, 15) is 0 Å². The van der Waals surface area contributed by atoms with Gasteiger partial charge in [-0.3, -0.25) is 0 Å². The summed E-state index contributed by atoms with van der Waals surface area (Å²) in [7, 11) is 0. The first-order valence-corrected chi connectivity index (χ1v) is 2.80. The first kappa shape index (κ1) is 8.62. The quantitative estimate of drug-likeness (QED) is 0.442. The molecule has 3 heteroatoms. The van der Waals surface area contributed by atoms with Crippen molar-refractivity contribution in [3.8, 4) is 0 Å². The minimum Gasteiger partial charge on any atom is -0.394 e. The Labute approximate surface area is 54.3 Å². The molecule has 0 unspecified atom stereocenters. The van der Waals surface area contributed by atoms with Gasteiger partial charge in [-0.25, -0.2) is 0 Å². The maximum Gasteiger partial charge on any atom is 0.103 e. The van der Waals surface area contributed by atoms with Gasteiger partial charge in [0.05, 0.1) is 12.7 Å². The van der Waals surface area contributed by atoms with Crippen LogP contribution in [0.4, 0.5) is 0 Å². The average Bonchev–Trinajstić information content (AvgIpc) is 1.87. The van der Waals surface area contributed by atoms with E-state index in [4.69, 9.17) is 15.3 Å². The Morgan fingerprint density at radius 1 is 1.33 bits per heavy atom. The number of hydrogen-bond acceptors (Lipinski definition) is 3. The van der Waals surface area contributed by atoms with Gasteiger partial charge in [-0.2, -0.15) is 0 Å². The lowest BCUT2D eigenvalue weighted by Gasteiger charge is -2.12. The van der Waals surface area contributed by atoms with Crippen LogP contribution in [0.1, 0.15) is 6.42 Å². The summed E-state index contributed by atoms with van der Waals surface area (Å²) in [4.78, 5) is 0. The standard InChI is InChI=1S/C6H12O3/c1-2-3-5(8)6(9)4-7/h2,5-9H,1,3-4H2/t5-,6-/m0/s1. The lowest BCUT2D eigenvalue weighted by Crippen LogP contribution is -2.28. The SMILES string of the molecule is C=CC[C@H](O)[C@@H](O)CO. The van der Waals surface area contributed by atoms with Gasteiger partial charge in [0.25, 0.3) is 0 Å². The van der Waals surface area contributed by atoms with E-state index in [1.807, 2.05) is 0 Å². The van der Waals surface area contributed by atoms with Crippen molar-refractivity contribution in [3.63, 3.8) is 0 Å². The third kappa shape index (κ3) is 3.24. The highest BCUT2D eigenvalue weighted by Gasteiger charge is 2.11. The van der Waals surface area contributed by atoms with Gasteiger partial charge in [0.2, 0.25) is 0 Å². The highest BCUT2D eigenvalue weighted by Crippen LogP contribution is 1.97. The molecule has 0 aliphatic rings. The summed E-state index contributed by atoms with van der Waals surface area (Å²) in [6, 6.07) is 0. The Kier molecular flexibility index (Phi) is 4.30. The summed E-state index contributed by atoms with van der Waals surface area (Å²) in [5.74, 6) is 0. The van der Waals surface area contributed by atoms with Crippen LogP contribution in [0.15, 0.2) is 12.7 Å². The van der Waals surface area contributed by atoms with Crippen molar-refractivity contribution in [1.82, 2.24) is 0 Å². The molecule has 0 radical (unpaired) electrons. The van der Waals surface area contributed by atoms with Crippen molar-refractivity contribution in [3.05, 3.63) is 12.7 Å². The highest BCUT2D eigenvalue weighted by molar-refractivity contribution is 4.76. The molecule has 3 N–H and O–H groups in total. The molecule has 0 heterocycles. The third-order valence-electron chi connectivity index (χ3n) is 1.04. The molecule has 0 aliphatic heterocycles. The molecule has 0 amide bonds. The molecule has 0 saturated carbocycles. The van der Waals surface area contributed by atoms with Crippen LogP contribution in [0.5, 0.6) is 0 Å². The van der Waals surface area contributed by atoms with Gasteiger partial charge in [0, 0.05) is 0 Å². The Hall–Kier alpha value is -0.380. The monoisotopic (exact) mass is 132 g/mol. The molecule has 0 saturated heterocycles. The molecule has 54 valence electrons. The first-order chi connectivity index (χ1) is 4.22. The van der Waals surface area contributed by atoms with Gasteiger partial charge < -0.3 is 15.3 Å². The molecular formula is C6H12O3. The molecule has 0 aromatic carbocycles. The van der Waals surface area contributed by atoms with Crippen molar-refractivity contribution in [2.75, 3.05) is 6.61 Å². The maximum absolute atomic E-state index is 8.84. The molecule has 0 spiro atoms. The van der Waals surface area contributed by atoms with E-state index < -0.39 is 18.8 Å². The molecule has 9 heavy (non-hydrogen) atoms. The molecule has 0 rings (SSSR count). The van der Waals surface area contributed by atoms with Gasteiger partial charge in [-0.05, 0) is 6.42 Å². The largest absolute Gasteiger partial charge is 0.394 e. The fourth-order valence-electron chi connectivity index (χ4n) is 0.450. The second kappa shape index (κ2) is 4.49. The molecule has 2 atom stereocenters. The van der Waals surface area contributed by atoms with Crippen LogP contribution in [-0.2, 0) is 0 Å². The molecule has 3 nitrogen and oxygen atoms in total. The normalized spacial score (nSPS) is 16.8. The zero-order chi connectivity index (χ0) is 7.28. The van der Waals surface area contributed by atoms with Gasteiger partial charge in [0.1, 0.15) is 6.10 Å². The van der Waals surface area contributed by atoms with Crippen LogP contribution in [0.3, 0.4) is 0 Å². The predicted octanol–water partition coefficient (Wildman–Crippen LogP) is -0.723. The van der Waals surface area contributed by atoms with E-state index in [0.717, 1.165) is 0 Å². The smallest absolute Gasteiger partial charge is 0.103 e. The molecule has 0 fully saturated rings. The molecule has 0 aromatic rings. The molecule has 0 aromatic heterocycles. The summed E-state index contributed by atoms with van der Waals surface area (Å²) in [6.07, 6.45) is -0.124. The fourth-order valence-corrected chi connectivity index (χ4v) is 0.450. The van der Waals surface area contributed by atoms with Crippen molar-refractivity contribution >= 4 is 0 Å². The second-order valence-corrected chi connectivity index (χ2v) is 1.84. The summed E-state index contributed by atoms with van der Waals surface area (Å²) in [6.45, 7) is 2.96. The van der Waals surface area contributed by atoms with E-state index >= 15 is 0 Å². The maximum atomic E-state index is 8.84. The van der Waals surface area contributed by atoms with Gasteiger partial charge in [-0.15, -0.1) is 6.58 Å². The third-order valence-corrected chi connectivity index (χ3v) is 1.04. The van der Waals surface area contributed by atoms with Crippen LogP contribution >= 0.6 is 0 Å². The summed E-state index contributed by atoms with van der Waals surface area (Å²) in [5, 5.41) is 25.8. The molecular weight excluding hydrogens is 120 g/mol. The highest BCUT2D eigenvalue weighted by atomic mass is 16.4. The zero-order valence-corrected chi connectivity index (χ0v) is 5.20. The van der Waals surface area contributed by atoms with Gasteiger partial charge in [-0.1, -0.05) is 6.08 Å². The predicted molar refractivity (Wildman–Crippen MR) is 33.9 cm³/mol. The van der Waals surface area contributed by atoms with Crippen LogP contribution < -0.4 is 0 Å². The Morgan fingerprint density at radius 2 is 1.89 bits per heavy atom. The Morgan fingerprint density at radius 3 is 2.22 bits per heavy atom. The average molecular weight is 132 g/mol. The Balaban J connectivity index is 3.44. The zero-order valence-electron chi connectivity index (χ0n) is 5.20. The van der Waals surface area contributed by atoms with Gasteiger partial charge >= 0.3 is 0 Å². The molecule has 0 aliphatic carbocycles. The number of aliphatic hydroxyl groups excluding tert-OH is 3. The van der Waals surface area contributed by atoms with E-state index in [0.29, 0.717) is 6.42 Å². The second-order valence-electron chi connectivity index (χ2n) is 1.84. The van der Waals surface area contributed by atoms with Crippen LogP contribution in [0, 0.1) is 0 Å². The van der Waals surface area contributed by atoms with Crippen LogP contribution in [-0.4, -0.2) is 34.1 Å². The summed E-state index contributed by atoms with van der Waals surface area (Å²) >= 11 is 0. The minimum atomic E-state index is -1.04. The topological polar surface area (TPSA) is 60.7 Å². The van der Waals surface area contributed by atoms with E-state index in [2.05, 4.69) is 6.58 Å². The number of hydrogen-bond donors (Lipinski definition) is 3. The van der Waals surface area contributed by atoms with Crippen molar-refractivity contribution < 1.29 is 15.3 Å². The van der Waals surface area contributed by atoms with Gasteiger partial charge in [0.15, 0.2) is 0 Å². The van der Waals surface area contributed by atoms with Crippen molar-refractivity contribution in [2.24, 2.45) is 0 Å². The lowest BCUT2D eigenvalue weighted by atomic mass is 10.1. The van der Waals surface area contributed by atoms with E-state index in [1.165, 1.54) is 6.08 Å². The van der Waals surface area contributed by atoms with Crippen LogP contribution in [0.2, 0.25) is 0 Å². The lowest BCUT2D eigenvalue weighted by molar-refractivity contribution is -0.0119. The van der Waals surface area contributed by atoms with Crippen LogP contribution in [0.25, 0.3) is 0 Å². The number of aliphatic hydroxyl groups is 3. The first-order valence-electron chi connectivity index (χ1n) is 2.80. The number of rotatable bonds is 4. The van der Waals surface area contributed by atoms with Crippen molar-refractivity contribution in [2.45, 2.75) is 18.6 Å².